The summed E-state index contributed by atoms with van der Waals surface area (Å²) < 4.78 is 96.3. The number of rotatable bonds is 5. The van der Waals surface area contributed by atoms with E-state index in [0.717, 1.165) is 22.5 Å². The first-order valence-electron chi connectivity index (χ1n) is 7.29. The van der Waals surface area contributed by atoms with Crippen LogP contribution in [0, 0.1) is 29.1 Å². The SMILES string of the molecule is CN(C)S(=O)(=O)c1cc(C(=O)OCc2c(F)c(F)c(F)c(F)c2F)ccc1Cl. The molecule has 0 fully saturated rings. The first-order valence-corrected chi connectivity index (χ1v) is 9.10. The molecule has 2 aromatic carbocycles. The molecule has 0 aliphatic rings. The minimum absolute atomic E-state index is 0.204. The molecule has 0 bridgehead atoms. The van der Waals surface area contributed by atoms with Crippen LogP contribution in [0.15, 0.2) is 23.1 Å². The van der Waals surface area contributed by atoms with Crippen LogP contribution in [0.25, 0.3) is 0 Å². The molecule has 0 amide bonds. The van der Waals surface area contributed by atoms with Gasteiger partial charge < -0.3 is 4.74 Å². The number of hydrogen-bond acceptors (Lipinski definition) is 4. The molecule has 2 aromatic rings. The van der Waals surface area contributed by atoms with E-state index in [1.165, 1.54) is 14.1 Å². The number of halogens is 6. The number of carbonyl (C=O) groups is 1. The second kappa shape index (κ2) is 8.02. The highest BCUT2D eigenvalue weighted by Gasteiger charge is 2.27. The number of ether oxygens (including phenoxy) is 1. The Morgan fingerprint density at radius 2 is 1.50 bits per heavy atom. The van der Waals surface area contributed by atoms with E-state index >= 15 is 0 Å². The zero-order chi connectivity index (χ0) is 21.4. The highest BCUT2D eigenvalue weighted by molar-refractivity contribution is 7.89. The van der Waals surface area contributed by atoms with E-state index in [4.69, 9.17) is 11.6 Å². The van der Waals surface area contributed by atoms with Gasteiger partial charge in [0.15, 0.2) is 23.3 Å². The van der Waals surface area contributed by atoms with Gasteiger partial charge in [0, 0.05) is 14.1 Å². The van der Waals surface area contributed by atoms with Crippen LogP contribution in [0.3, 0.4) is 0 Å². The summed E-state index contributed by atoms with van der Waals surface area (Å²) in [7, 11) is -1.58. The molecule has 0 radical (unpaired) electrons. The molecule has 0 aliphatic carbocycles. The molecule has 0 aromatic heterocycles. The molecule has 2 rings (SSSR count). The van der Waals surface area contributed by atoms with E-state index in [-0.39, 0.29) is 10.6 Å². The van der Waals surface area contributed by atoms with Gasteiger partial charge in [-0.05, 0) is 18.2 Å². The molecule has 0 atom stereocenters. The average Bonchev–Trinajstić information content (AvgIpc) is 2.64. The quantitative estimate of drug-likeness (QED) is 0.306. The van der Waals surface area contributed by atoms with Crippen molar-refractivity contribution in [2.45, 2.75) is 11.5 Å². The van der Waals surface area contributed by atoms with Crippen LogP contribution >= 0.6 is 11.6 Å². The Morgan fingerprint density at radius 1 is 1.00 bits per heavy atom. The third kappa shape index (κ3) is 3.96. The molecule has 28 heavy (non-hydrogen) atoms. The van der Waals surface area contributed by atoms with Crippen LogP contribution in [0.2, 0.25) is 5.02 Å². The summed E-state index contributed by atoms with van der Waals surface area (Å²) in [5, 5.41) is -0.204. The molecular formula is C16H11ClF5NO4S. The van der Waals surface area contributed by atoms with Gasteiger partial charge >= 0.3 is 5.97 Å². The fraction of sp³-hybridized carbons (Fsp3) is 0.188. The average molecular weight is 444 g/mol. The van der Waals surface area contributed by atoms with Crippen molar-refractivity contribution in [1.82, 2.24) is 4.31 Å². The lowest BCUT2D eigenvalue weighted by atomic mass is 10.1. The molecule has 0 N–H and O–H groups in total. The van der Waals surface area contributed by atoms with Crippen LogP contribution in [0.1, 0.15) is 15.9 Å². The van der Waals surface area contributed by atoms with E-state index < -0.39 is 62.1 Å². The number of esters is 1. The Balaban J connectivity index is 2.34. The lowest BCUT2D eigenvalue weighted by Gasteiger charge is -2.14. The topological polar surface area (TPSA) is 63.7 Å². The van der Waals surface area contributed by atoms with E-state index in [1.807, 2.05) is 0 Å². The second-order valence-electron chi connectivity index (χ2n) is 5.56. The third-order valence-electron chi connectivity index (χ3n) is 3.57. The van der Waals surface area contributed by atoms with E-state index in [2.05, 4.69) is 4.74 Å². The molecule has 152 valence electrons. The van der Waals surface area contributed by atoms with Gasteiger partial charge in [-0.2, -0.15) is 0 Å². The maximum absolute atomic E-state index is 13.6. The van der Waals surface area contributed by atoms with Crippen molar-refractivity contribution < 1.29 is 39.9 Å². The molecular weight excluding hydrogens is 433 g/mol. The van der Waals surface area contributed by atoms with Crippen molar-refractivity contribution in [3.05, 3.63) is 63.4 Å². The Labute approximate surface area is 161 Å². The normalized spacial score (nSPS) is 11.8. The fourth-order valence-electron chi connectivity index (χ4n) is 2.02. The van der Waals surface area contributed by atoms with Crippen LogP contribution in [0.5, 0.6) is 0 Å². The smallest absolute Gasteiger partial charge is 0.338 e. The predicted molar refractivity (Wildman–Crippen MR) is 87.7 cm³/mol. The van der Waals surface area contributed by atoms with E-state index in [9.17, 15) is 35.2 Å². The van der Waals surface area contributed by atoms with Crippen molar-refractivity contribution in [1.29, 1.82) is 0 Å². The Bertz CT molecular complexity index is 1030. The lowest BCUT2D eigenvalue weighted by molar-refractivity contribution is 0.0462. The standard InChI is InChI=1S/C16H11ClF5NO4S/c1-23(2)28(25,26)10-5-7(3-4-9(10)17)16(24)27-6-8-11(18)13(20)15(22)14(21)12(8)19/h3-5H,6H2,1-2H3. The number of sulfonamides is 1. The summed E-state index contributed by atoms with van der Waals surface area (Å²) in [6, 6.07) is 3.00. The second-order valence-corrected chi connectivity index (χ2v) is 8.08. The van der Waals surface area contributed by atoms with E-state index in [1.54, 1.807) is 0 Å². The molecule has 12 heteroatoms. The van der Waals surface area contributed by atoms with Crippen molar-refractivity contribution in [2.75, 3.05) is 14.1 Å². The summed E-state index contributed by atoms with van der Waals surface area (Å²) in [4.78, 5) is 11.6. The minimum atomic E-state index is -4.03. The van der Waals surface area contributed by atoms with Crippen LogP contribution in [-0.2, 0) is 21.4 Å². The maximum atomic E-state index is 13.6. The summed E-state index contributed by atoms with van der Waals surface area (Å²) in [6.07, 6.45) is 0. The Kier molecular flexibility index (Phi) is 6.31. The van der Waals surface area contributed by atoms with Crippen LogP contribution in [-0.4, -0.2) is 32.8 Å². The number of benzene rings is 2. The van der Waals surface area contributed by atoms with Crippen LogP contribution < -0.4 is 0 Å². The molecule has 0 unspecified atom stereocenters. The van der Waals surface area contributed by atoms with Gasteiger partial charge in [-0.3, -0.25) is 0 Å². The largest absolute Gasteiger partial charge is 0.457 e. The van der Waals surface area contributed by atoms with Gasteiger partial charge in [0.1, 0.15) is 11.5 Å². The Morgan fingerprint density at radius 3 is 2.00 bits per heavy atom. The minimum Gasteiger partial charge on any atom is -0.457 e. The van der Waals surface area contributed by atoms with Crippen LogP contribution in [0.4, 0.5) is 22.0 Å². The highest BCUT2D eigenvalue weighted by Crippen LogP contribution is 2.26. The van der Waals surface area contributed by atoms with Gasteiger partial charge in [0.25, 0.3) is 0 Å². The van der Waals surface area contributed by atoms with Crippen molar-refractivity contribution in [3.63, 3.8) is 0 Å². The molecule has 0 aliphatic heterocycles. The fourth-order valence-corrected chi connectivity index (χ4v) is 3.42. The monoisotopic (exact) mass is 443 g/mol. The third-order valence-corrected chi connectivity index (χ3v) is 5.87. The number of carbonyl (C=O) groups excluding carboxylic acids is 1. The van der Waals surface area contributed by atoms with E-state index in [0.29, 0.717) is 0 Å². The Hall–Kier alpha value is -2.24. The van der Waals surface area contributed by atoms with Gasteiger partial charge in [-0.15, -0.1) is 0 Å². The van der Waals surface area contributed by atoms with Gasteiger partial charge in [0.05, 0.1) is 16.1 Å². The van der Waals surface area contributed by atoms with Crippen molar-refractivity contribution >= 4 is 27.6 Å². The predicted octanol–water partition coefficient (Wildman–Crippen LogP) is 3.64. The van der Waals surface area contributed by atoms with Crippen molar-refractivity contribution in [2.24, 2.45) is 0 Å². The maximum Gasteiger partial charge on any atom is 0.338 e. The van der Waals surface area contributed by atoms with Gasteiger partial charge in [-0.25, -0.2) is 39.5 Å². The first-order chi connectivity index (χ1) is 12.9. The number of hydrogen-bond donors (Lipinski definition) is 0. The molecule has 0 heterocycles. The van der Waals surface area contributed by atoms with Gasteiger partial charge in [-0.1, -0.05) is 11.6 Å². The first kappa shape index (κ1) is 22.1. The van der Waals surface area contributed by atoms with Gasteiger partial charge in [0.2, 0.25) is 15.8 Å². The molecule has 0 spiro atoms. The number of nitrogens with zero attached hydrogens (tertiary/aromatic N) is 1. The summed E-state index contributed by atoms with van der Waals surface area (Å²) >= 11 is 5.82. The zero-order valence-electron chi connectivity index (χ0n) is 14.2. The molecule has 5 nitrogen and oxygen atoms in total. The molecule has 0 saturated carbocycles. The lowest BCUT2D eigenvalue weighted by Crippen LogP contribution is -2.23. The zero-order valence-corrected chi connectivity index (χ0v) is 15.8. The summed E-state index contributed by atoms with van der Waals surface area (Å²) in [5.41, 5.74) is -1.71. The molecule has 0 saturated heterocycles. The van der Waals surface area contributed by atoms with Crippen molar-refractivity contribution in [3.8, 4) is 0 Å². The summed E-state index contributed by atoms with van der Waals surface area (Å²) in [5.74, 6) is -12.3. The summed E-state index contributed by atoms with van der Waals surface area (Å²) in [6.45, 7) is -1.27. The highest BCUT2D eigenvalue weighted by atomic mass is 35.5.